The Kier molecular flexibility index (Phi) is 7.87. The molecule has 1 heterocycles. The topological polar surface area (TPSA) is 29.9 Å². The Morgan fingerprint density at radius 2 is 1.57 bits per heavy atom. The van der Waals surface area contributed by atoms with E-state index in [4.69, 9.17) is 0 Å². The molecule has 1 aromatic rings. The molecule has 1 N–H and O–H groups in total. The van der Waals surface area contributed by atoms with Crippen molar-refractivity contribution in [3.8, 4) is 0 Å². The average molecular weight is 291 g/mol. The van der Waals surface area contributed by atoms with Crippen LogP contribution in [0.1, 0.15) is 76.5 Å². The lowest BCUT2D eigenvalue weighted by molar-refractivity contribution is 0.404. The fraction of sp³-hybridized carbons (Fsp3) is 0.833. The number of nitrogens with one attached hydrogen (secondary N) is 1. The number of hydrogen-bond acceptors (Lipinski definition) is 2. The van der Waals surface area contributed by atoms with E-state index in [0.717, 1.165) is 19.0 Å². The van der Waals surface area contributed by atoms with Crippen LogP contribution >= 0.6 is 0 Å². The summed E-state index contributed by atoms with van der Waals surface area (Å²) < 4.78 is 2.13. The first-order valence-corrected chi connectivity index (χ1v) is 9.06. The summed E-state index contributed by atoms with van der Waals surface area (Å²) in [5, 5.41) is 3.79. The van der Waals surface area contributed by atoms with Gasteiger partial charge in [0, 0.05) is 38.4 Å². The average Bonchev–Trinajstić information content (AvgIpc) is 2.87. The van der Waals surface area contributed by atoms with Gasteiger partial charge in [0.25, 0.3) is 0 Å². The summed E-state index contributed by atoms with van der Waals surface area (Å²) in [5.41, 5.74) is 0. The molecule has 1 aliphatic rings. The number of nitrogens with zero attached hydrogens (tertiary/aromatic N) is 2. The summed E-state index contributed by atoms with van der Waals surface area (Å²) in [5.74, 6) is 1.19. The van der Waals surface area contributed by atoms with Crippen molar-refractivity contribution in [3.63, 3.8) is 0 Å². The molecule has 1 aromatic heterocycles. The second-order valence-electron chi connectivity index (χ2n) is 6.61. The van der Waals surface area contributed by atoms with E-state index in [2.05, 4.69) is 21.9 Å². The first-order valence-electron chi connectivity index (χ1n) is 9.06. The summed E-state index contributed by atoms with van der Waals surface area (Å²) in [7, 11) is 2.08. The molecule has 0 aliphatic heterocycles. The molecule has 0 spiro atoms. The molecule has 2 rings (SSSR count). The van der Waals surface area contributed by atoms with Gasteiger partial charge in [0.2, 0.25) is 0 Å². The molecular formula is C18H33N3. The minimum atomic E-state index is 0.727. The number of aryl methyl sites for hydroxylation is 1. The van der Waals surface area contributed by atoms with Gasteiger partial charge in [-0.3, -0.25) is 0 Å². The molecule has 0 atom stereocenters. The maximum Gasteiger partial charge on any atom is 0.109 e. The molecule has 0 bridgehead atoms. The van der Waals surface area contributed by atoms with Gasteiger partial charge in [-0.25, -0.2) is 4.98 Å². The van der Waals surface area contributed by atoms with Gasteiger partial charge in [-0.2, -0.15) is 0 Å². The van der Waals surface area contributed by atoms with E-state index in [1.54, 1.807) is 0 Å². The lowest BCUT2D eigenvalue weighted by atomic mass is 9.98. The zero-order valence-corrected chi connectivity index (χ0v) is 13.8. The lowest BCUT2D eigenvalue weighted by Crippen LogP contribution is -2.31. The number of rotatable bonds is 4. The molecule has 0 radical (unpaired) electrons. The number of hydrogen-bond donors (Lipinski definition) is 1. The third kappa shape index (κ3) is 6.64. The summed E-state index contributed by atoms with van der Waals surface area (Å²) in [6, 6.07) is 0.727. The third-order valence-electron chi connectivity index (χ3n) is 4.81. The van der Waals surface area contributed by atoms with Crippen LogP contribution in [0.4, 0.5) is 0 Å². The van der Waals surface area contributed by atoms with Gasteiger partial charge in [0.1, 0.15) is 5.82 Å². The van der Waals surface area contributed by atoms with Crippen molar-refractivity contribution in [1.82, 2.24) is 14.9 Å². The Morgan fingerprint density at radius 1 is 1.00 bits per heavy atom. The van der Waals surface area contributed by atoms with Crippen LogP contribution in [-0.4, -0.2) is 22.1 Å². The maximum atomic E-state index is 4.41. The van der Waals surface area contributed by atoms with Crippen LogP contribution < -0.4 is 5.32 Å². The van der Waals surface area contributed by atoms with Crippen molar-refractivity contribution in [2.45, 2.75) is 83.1 Å². The van der Waals surface area contributed by atoms with E-state index in [0.29, 0.717) is 0 Å². The normalized spacial score (nSPS) is 19.9. The fourth-order valence-electron chi connectivity index (χ4n) is 3.39. The molecule has 1 saturated carbocycles. The predicted octanol–water partition coefficient (Wildman–Crippen LogP) is 4.23. The van der Waals surface area contributed by atoms with Crippen LogP contribution in [0, 0.1) is 0 Å². The van der Waals surface area contributed by atoms with Crippen LogP contribution in [0.25, 0.3) is 0 Å². The number of aromatic nitrogens is 2. The highest BCUT2D eigenvalue weighted by Crippen LogP contribution is 2.16. The van der Waals surface area contributed by atoms with Crippen molar-refractivity contribution in [3.05, 3.63) is 18.2 Å². The summed E-state index contributed by atoms with van der Waals surface area (Å²) in [4.78, 5) is 4.41. The largest absolute Gasteiger partial charge is 0.338 e. The molecule has 120 valence electrons. The Balaban J connectivity index is 1.69. The summed E-state index contributed by atoms with van der Waals surface area (Å²) in [6.07, 6.45) is 20.6. The van der Waals surface area contributed by atoms with E-state index in [1.165, 1.54) is 76.5 Å². The molecule has 21 heavy (non-hydrogen) atoms. The van der Waals surface area contributed by atoms with Gasteiger partial charge in [-0.1, -0.05) is 57.8 Å². The molecular weight excluding hydrogens is 258 g/mol. The zero-order chi connectivity index (χ0) is 14.8. The first kappa shape index (κ1) is 16.5. The van der Waals surface area contributed by atoms with E-state index < -0.39 is 0 Å². The van der Waals surface area contributed by atoms with Gasteiger partial charge in [-0.05, 0) is 12.8 Å². The second-order valence-corrected chi connectivity index (χ2v) is 6.61. The highest BCUT2D eigenvalue weighted by molar-refractivity contribution is 4.91. The van der Waals surface area contributed by atoms with Crippen LogP contribution in [-0.2, 0) is 13.5 Å². The van der Waals surface area contributed by atoms with Crippen LogP contribution in [0.3, 0.4) is 0 Å². The minimum Gasteiger partial charge on any atom is -0.338 e. The molecule has 0 amide bonds. The first-order chi connectivity index (χ1) is 10.4. The highest BCUT2D eigenvalue weighted by Gasteiger charge is 2.09. The monoisotopic (exact) mass is 291 g/mol. The summed E-state index contributed by atoms with van der Waals surface area (Å²) >= 11 is 0. The zero-order valence-electron chi connectivity index (χ0n) is 13.8. The Hall–Kier alpha value is -0.830. The van der Waals surface area contributed by atoms with E-state index in [1.807, 2.05) is 12.4 Å². The van der Waals surface area contributed by atoms with Gasteiger partial charge < -0.3 is 9.88 Å². The van der Waals surface area contributed by atoms with Gasteiger partial charge in [0.15, 0.2) is 0 Å². The third-order valence-corrected chi connectivity index (χ3v) is 4.81. The maximum absolute atomic E-state index is 4.41. The Bertz CT molecular complexity index is 360. The van der Waals surface area contributed by atoms with Gasteiger partial charge in [-0.15, -0.1) is 0 Å². The molecule has 3 nitrogen and oxygen atoms in total. The van der Waals surface area contributed by atoms with Crippen LogP contribution in [0.15, 0.2) is 12.4 Å². The standard InChI is InChI=1S/C18H33N3/c1-21-16-15-20-18(21)13-14-19-17-11-9-7-5-3-2-4-6-8-10-12-17/h15-17,19H,2-14H2,1H3. The van der Waals surface area contributed by atoms with Crippen molar-refractivity contribution in [1.29, 1.82) is 0 Å². The molecule has 1 aliphatic carbocycles. The Labute approximate surface area is 130 Å². The minimum absolute atomic E-state index is 0.727. The van der Waals surface area contributed by atoms with E-state index in [9.17, 15) is 0 Å². The fourth-order valence-corrected chi connectivity index (χ4v) is 3.39. The molecule has 0 aromatic carbocycles. The van der Waals surface area contributed by atoms with Gasteiger partial charge >= 0.3 is 0 Å². The van der Waals surface area contributed by atoms with Crippen LogP contribution in [0.5, 0.6) is 0 Å². The second kappa shape index (κ2) is 9.99. The van der Waals surface area contributed by atoms with Crippen molar-refractivity contribution < 1.29 is 0 Å². The lowest BCUT2D eigenvalue weighted by Gasteiger charge is -2.19. The predicted molar refractivity (Wildman–Crippen MR) is 89.5 cm³/mol. The van der Waals surface area contributed by atoms with Crippen molar-refractivity contribution >= 4 is 0 Å². The van der Waals surface area contributed by atoms with Crippen molar-refractivity contribution in [2.75, 3.05) is 6.54 Å². The van der Waals surface area contributed by atoms with Crippen molar-refractivity contribution in [2.24, 2.45) is 7.05 Å². The highest BCUT2D eigenvalue weighted by atomic mass is 15.0. The Morgan fingerprint density at radius 3 is 2.10 bits per heavy atom. The molecule has 3 heteroatoms. The van der Waals surface area contributed by atoms with Crippen LogP contribution in [0.2, 0.25) is 0 Å². The number of imidazole rings is 1. The molecule has 0 unspecified atom stereocenters. The van der Waals surface area contributed by atoms with E-state index >= 15 is 0 Å². The van der Waals surface area contributed by atoms with Gasteiger partial charge in [0.05, 0.1) is 0 Å². The smallest absolute Gasteiger partial charge is 0.109 e. The SMILES string of the molecule is Cn1ccnc1CCNC1CCCCCCCCCCC1. The van der Waals surface area contributed by atoms with E-state index in [-0.39, 0.29) is 0 Å². The quantitative estimate of drug-likeness (QED) is 0.900. The molecule has 1 fully saturated rings. The molecule has 0 saturated heterocycles. The summed E-state index contributed by atoms with van der Waals surface area (Å²) in [6.45, 7) is 1.06.